The van der Waals surface area contributed by atoms with Crippen LogP contribution < -0.4 is 5.32 Å². The molecule has 0 spiro atoms. The van der Waals surface area contributed by atoms with Crippen molar-refractivity contribution in [3.63, 3.8) is 0 Å². The minimum absolute atomic E-state index is 0.229. The molecule has 2 aromatic carbocycles. The average Bonchev–Trinajstić information content (AvgIpc) is 3.11. The largest absolute Gasteiger partial charge is 0.454 e. The van der Waals surface area contributed by atoms with Gasteiger partial charge in [0.1, 0.15) is 11.6 Å². The SMILES string of the molecule is O=C(COC(=O)Cn1nnc(-c2ccc(Cl)cc2)n1)Nc1ccc(F)cc1F. The standard InChI is InChI=1S/C17H12ClF2N5O3/c18-11-3-1-10(2-4-11)17-22-24-25(23-17)8-16(27)28-9-15(26)21-14-6-5-12(19)7-13(14)20/h1-7H,8-9H2,(H,21,26). The first-order chi connectivity index (χ1) is 13.4. The van der Waals surface area contributed by atoms with Crippen molar-refractivity contribution in [2.45, 2.75) is 6.54 Å². The Kier molecular flexibility index (Phi) is 5.90. The van der Waals surface area contributed by atoms with Crippen LogP contribution in [0.2, 0.25) is 5.02 Å². The number of ether oxygens (including phenoxy) is 1. The number of aromatic nitrogens is 4. The number of benzene rings is 2. The van der Waals surface area contributed by atoms with Gasteiger partial charge in [-0.3, -0.25) is 4.79 Å². The fourth-order valence-corrected chi connectivity index (χ4v) is 2.24. The van der Waals surface area contributed by atoms with Crippen LogP contribution in [0.3, 0.4) is 0 Å². The topological polar surface area (TPSA) is 99.0 Å². The van der Waals surface area contributed by atoms with E-state index in [2.05, 4.69) is 20.7 Å². The second-order valence-electron chi connectivity index (χ2n) is 5.48. The van der Waals surface area contributed by atoms with Crippen LogP contribution in [0.1, 0.15) is 0 Å². The number of carbonyl (C=O) groups excluding carboxylic acids is 2. The lowest BCUT2D eigenvalue weighted by Crippen LogP contribution is -2.24. The maximum Gasteiger partial charge on any atom is 0.330 e. The van der Waals surface area contributed by atoms with Gasteiger partial charge < -0.3 is 10.1 Å². The van der Waals surface area contributed by atoms with Gasteiger partial charge in [-0.15, -0.1) is 10.2 Å². The van der Waals surface area contributed by atoms with Crippen LogP contribution in [-0.4, -0.2) is 38.7 Å². The van der Waals surface area contributed by atoms with E-state index in [4.69, 9.17) is 16.3 Å². The zero-order valence-corrected chi connectivity index (χ0v) is 14.9. The van der Waals surface area contributed by atoms with Crippen molar-refractivity contribution in [1.82, 2.24) is 20.2 Å². The highest BCUT2D eigenvalue weighted by molar-refractivity contribution is 6.30. The molecule has 11 heteroatoms. The summed E-state index contributed by atoms with van der Waals surface area (Å²) in [6, 6.07) is 9.38. The lowest BCUT2D eigenvalue weighted by Gasteiger charge is -2.07. The van der Waals surface area contributed by atoms with Gasteiger partial charge in [-0.2, -0.15) is 4.80 Å². The van der Waals surface area contributed by atoms with Gasteiger partial charge in [-0.25, -0.2) is 13.6 Å². The molecule has 0 radical (unpaired) electrons. The van der Waals surface area contributed by atoms with Gasteiger partial charge in [0.15, 0.2) is 13.2 Å². The van der Waals surface area contributed by atoms with E-state index < -0.39 is 30.1 Å². The Labute approximate surface area is 162 Å². The van der Waals surface area contributed by atoms with Gasteiger partial charge in [0, 0.05) is 16.7 Å². The number of carbonyl (C=O) groups is 2. The molecule has 8 nitrogen and oxygen atoms in total. The zero-order valence-electron chi connectivity index (χ0n) is 14.1. The molecule has 0 atom stereocenters. The van der Waals surface area contributed by atoms with Crippen LogP contribution >= 0.6 is 11.6 Å². The maximum absolute atomic E-state index is 13.5. The van der Waals surface area contributed by atoms with E-state index in [1.54, 1.807) is 24.3 Å². The molecule has 3 aromatic rings. The third-order valence-corrected chi connectivity index (χ3v) is 3.65. The summed E-state index contributed by atoms with van der Waals surface area (Å²) in [7, 11) is 0. The average molecular weight is 408 g/mol. The molecule has 3 rings (SSSR count). The summed E-state index contributed by atoms with van der Waals surface area (Å²) in [5, 5.41) is 14.3. The highest BCUT2D eigenvalue weighted by atomic mass is 35.5. The minimum Gasteiger partial charge on any atom is -0.454 e. The van der Waals surface area contributed by atoms with Crippen molar-refractivity contribution < 1.29 is 23.1 Å². The molecule has 0 aliphatic carbocycles. The van der Waals surface area contributed by atoms with Crippen molar-refractivity contribution in [2.24, 2.45) is 0 Å². The summed E-state index contributed by atoms with van der Waals surface area (Å²) in [4.78, 5) is 24.5. The minimum atomic E-state index is -0.943. The Morgan fingerprint density at radius 3 is 2.61 bits per heavy atom. The van der Waals surface area contributed by atoms with Crippen LogP contribution in [0, 0.1) is 11.6 Å². The summed E-state index contributed by atoms with van der Waals surface area (Å²) in [6.45, 7) is -1.03. The number of anilines is 1. The van der Waals surface area contributed by atoms with Crippen LogP contribution in [0.25, 0.3) is 11.4 Å². The Balaban J connectivity index is 1.50. The molecule has 1 heterocycles. The highest BCUT2D eigenvalue weighted by Gasteiger charge is 2.13. The fourth-order valence-electron chi connectivity index (χ4n) is 2.11. The lowest BCUT2D eigenvalue weighted by molar-refractivity contribution is -0.148. The summed E-state index contributed by atoms with van der Waals surface area (Å²) in [6.07, 6.45) is 0. The molecule has 28 heavy (non-hydrogen) atoms. The van der Waals surface area contributed by atoms with E-state index in [1.165, 1.54) is 0 Å². The summed E-state index contributed by atoms with van der Waals surface area (Å²) < 4.78 is 31.1. The quantitative estimate of drug-likeness (QED) is 0.630. The first-order valence-electron chi connectivity index (χ1n) is 7.85. The third-order valence-electron chi connectivity index (χ3n) is 3.40. The van der Waals surface area contributed by atoms with E-state index in [0.717, 1.165) is 16.9 Å². The van der Waals surface area contributed by atoms with Crippen molar-refractivity contribution in [3.8, 4) is 11.4 Å². The Hall–Kier alpha value is -3.40. The highest BCUT2D eigenvalue weighted by Crippen LogP contribution is 2.17. The Morgan fingerprint density at radius 2 is 1.89 bits per heavy atom. The monoisotopic (exact) mass is 407 g/mol. The molecule has 0 aliphatic rings. The molecular weight excluding hydrogens is 396 g/mol. The molecule has 0 unspecified atom stereocenters. The molecular formula is C17H12ClF2N5O3. The second kappa shape index (κ2) is 8.53. The number of hydrogen-bond donors (Lipinski definition) is 1. The zero-order chi connectivity index (χ0) is 20.1. The van der Waals surface area contributed by atoms with Crippen molar-refractivity contribution in [1.29, 1.82) is 0 Å². The molecule has 0 fully saturated rings. The normalized spacial score (nSPS) is 10.5. The first-order valence-corrected chi connectivity index (χ1v) is 8.23. The number of nitrogens with zero attached hydrogens (tertiary/aromatic N) is 4. The van der Waals surface area contributed by atoms with Crippen LogP contribution in [0.4, 0.5) is 14.5 Å². The van der Waals surface area contributed by atoms with Gasteiger partial charge >= 0.3 is 5.97 Å². The van der Waals surface area contributed by atoms with Gasteiger partial charge in [0.2, 0.25) is 5.82 Å². The molecule has 1 N–H and O–H groups in total. The number of esters is 1. The number of tetrazole rings is 1. The molecule has 0 saturated carbocycles. The van der Waals surface area contributed by atoms with E-state index in [-0.39, 0.29) is 18.1 Å². The van der Waals surface area contributed by atoms with Gasteiger partial charge in [0.05, 0.1) is 5.69 Å². The fraction of sp³-hybridized carbons (Fsp3) is 0.118. The molecule has 0 saturated heterocycles. The van der Waals surface area contributed by atoms with E-state index in [9.17, 15) is 18.4 Å². The summed E-state index contributed by atoms with van der Waals surface area (Å²) in [5.41, 5.74) is 0.428. The second-order valence-corrected chi connectivity index (χ2v) is 5.92. The van der Waals surface area contributed by atoms with Crippen LogP contribution in [-0.2, 0) is 20.9 Å². The van der Waals surface area contributed by atoms with Gasteiger partial charge in [0.25, 0.3) is 5.91 Å². The maximum atomic E-state index is 13.5. The van der Waals surface area contributed by atoms with Crippen LogP contribution in [0.15, 0.2) is 42.5 Å². The smallest absolute Gasteiger partial charge is 0.330 e. The number of hydrogen-bond acceptors (Lipinski definition) is 6. The molecule has 0 aliphatic heterocycles. The van der Waals surface area contributed by atoms with Crippen LogP contribution in [0.5, 0.6) is 0 Å². The predicted octanol–water partition coefficient (Wildman–Crippen LogP) is 2.45. The lowest BCUT2D eigenvalue weighted by atomic mass is 10.2. The summed E-state index contributed by atoms with van der Waals surface area (Å²) in [5.74, 6) is -3.02. The molecule has 144 valence electrons. The Morgan fingerprint density at radius 1 is 1.14 bits per heavy atom. The molecule has 1 amide bonds. The number of rotatable bonds is 6. The van der Waals surface area contributed by atoms with Gasteiger partial charge in [-0.1, -0.05) is 11.6 Å². The molecule has 1 aromatic heterocycles. The van der Waals surface area contributed by atoms with Gasteiger partial charge in [-0.05, 0) is 41.6 Å². The van der Waals surface area contributed by atoms with Crippen molar-refractivity contribution in [2.75, 3.05) is 11.9 Å². The van der Waals surface area contributed by atoms with E-state index in [0.29, 0.717) is 16.7 Å². The predicted molar refractivity (Wildman–Crippen MR) is 94.2 cm³/mol. The van der Waals surface area contributed by atoms with Crippen molar-refractivity contribution in [3.05, 3.63) is 59.1 Å². The van der Waals surface area contributed by atoms with E-state index >= 15 is 0 Å². The first kappa shape index (κ1) is 19.4. The van der Waals surface area contributed by atoms with E-state index in [1.807, 2.05) is 0 Å². The number of halogens is 3. The Bertz CT molecular complexity index is 1010. The number of amides is 1. The third kappa shape index (κ3) is 5.07. The van der Waals surface area contributed by atoms with Crippen molar-refractivity contribution >= 4 is 29.2 Å². The number of nitrogens with one attached hydrogen (secondary N) is 1. The summed E-state index contributed by atoms with van der Waals surface area (Å²) >= 11 is 5.81. The molecule has 0 bridgehead atoms.